The van der Waals surface area contributed by atoms with Gasteiger partial charge in [-0.05, 0) is 38.8 Å². The SMILES string of the molecule is CNCCCNC(=O)N1CCC(C)CC1C(=O)O. The standard InChI is InChI=1S/C12H23N3O3/c1-9-4-7-15(10(8-9)11(16)17)12(18)14-6-3-5-13-2/h9-10,13H,3-8H2,1-2H3,(H,14,18)(H,16,17). The number of nitrogens with zero attached hydrogens (tertiary/aromatic N) is 1. The van der Waals surface area contributed by atoms with Crippen molar-refractivity contribution < 1.29 is 14.7 Å². The lowest BCUT2D eigenvalue weighted by atomic mass is 9.93. The second-order valence-electron chi connectivity index (χ2n) is 4.87. The Labute approximate surface area is 108 Å². The molecular formula is C12H23N3O3. The van der Waals surface area contributed by atoms with Gasteiger partial charge in [0.2, 0.25) is 0 Å². The molecule has 2 unspecified atom stereocenters. The van der Waals surface area contributed by atoms with Gasteiger partial charge in [-0.15, -0.1) is 0 Å². The summed E-state index contributed by atoms with van der Waals surface area (Å²) < 4.78 is 0. The number of amides is 2. The summed E-state index contributed by atoms with van der Waals surface area (Å²) in [6.07, 6.45) is 2.25. The third kappa shape index (κ3) is 4.18. The molecule has 0 aromatic heterocycles. The zero-order valence-electron chi connectivity index (χ0n) is 11.1. The number of carboxylic acid groups (broad SMARTS) is 1. The molecule has 2 amide bonds. The van der Waals surface area contributed by atoms with Crippen molar-refractivity contribution in [1.29, 1.82) is 0 Å². The molecule has 1 saturated heterocycles. The molecule has 1 fully saturated rings. The molecule has 0 spiro atoms. The summed E-state index contributed by atoms with van der Waals surface area (Å²) in [6.45, 7) is 3.95. The van der Waals surface area contributed by atoms with Crippen LogP contribution in [0, 0.1) is 5.92 Å². The highest BCUT2D eigenvalue weighted by Crippen LogP contribution is 2.22. The minimum atomic E-state index is -0.910. The number of likely N-dealkylation sites (tertiary alicyclic amines) is 1. The minimum Gasteiger partial charge on any atom is -0.480 e. The van der Waals surface area contributed by atoms with Crippen molar-refractivity contribution >= 4 is 12.0 Å². The summed E-state index contributed by atoms with van der Waals surface area (Å²) in [5, 5.41) is 14.9. The van der Waals surface area contributed by atoms with Crippen LogP contribution < -0.4 is 10.6 Å². The van der Waals surface area contributed by atoms with Crippen LogP contribution in [-0.4, -0.2) is 54.7 Å². The molecule has 1 aliphatic heterocycles. The molecule has 1 heterocycles. The number of piperidine rings is 1. The summed E-state index contributed by atoms with van der Waals surface area (Å²) in [6, 6.07) is -0.941. The number of hydrogen-bond donors (Lipinski definition) is 3. The number of hydrogen-bond acceptors (Lipinski definition) is 3. The second-order valence-corrected chi connectivity index (χ2v) is 4.87. The van der Waals surface area contributed by atoms with E-state index in [0.717, 1.165) is 19.4 Å². The molecule has 0 saturated carbocycles. The molecule has 3 N–H and O–H groups in total. The van der Waals surface area contributed by atoms with Crippen molar-refractivity contribution in [3.8, 4) is 0 Å². The fourth-order valence-electron chi connectivity index (χ4n) is 2.18. The van der Waals surface area contributed by atoms with E-state index >= 15 is 0 Å². The van der Waals surface area contributed by atoms with E-state index in [2.05, 4.69) is 10.6 Å². The normalized spacial score (nSPS) is 23.8. The smallest absolute Gasteiger partial charge is 0.326 e. The molecule has 6 nitrogen and oxygen atoms in total. The Kier molecular flexibility index (Phi) is 5.91. The Bertz CT molecular complexity index is 296. The first-order valence-electron chi connectivity index (χ1n) is 6.48. The maximum absolute atomic E-state index is 11.9. The van der Waals surface area contributed by atoms with Crippen LogP contribution in [0.5, 0.6) is 0 Å². The number of aliphatic carboxylic acids is 1. The van der Waals surface area contributed by atoms with Gasteiger partial charge in [-0.2, -0.15) is 0 Å². The largest absolute Gasteiger partial charge is 0.480 e. The first-order chi connectivity index (χ1) is 8.56. The van der Waals surface area contributed by atoms with Gasteiger partial charge < -0.3 is 20.6 Å². The number of carbonyl (C=O) groups excluding carboxylic acids is 1. The Morgan fingerprint density at radius 1 is 1.39 bits per heavy atom. The fourth-order valence-corrected chi connectivity index (χ4v) is 2.18. The van der Waals surface area contributed by atoms with Gasteiger partial charge in [-0.25, -0.2) is 9.59 Å². The number of carboxylic acids is 1. The lowest BCUT2D eigenvalue weighted by molar-refractivity contribution is -0.143. The van der Waals surface area contributed by atoms with Crippen LogP contribution in [0.1, 0.15) is 26.2 Å². The lowest BCUT2D eigenvalue weighted by Crippen LogP contribution is -2.53. The number of carbonyl (C=O) groups is 2. The zero-order chi connectivity index (χ0) is 13.5. The molecule has 1 aliphatic rings. The first-order valence-corrected chi connectivity index (χ1v) is 6.48. The molecule has 0 aromatic rings. The van der Waals surface area contributed by atoms with Gasteiger partial charge in [0.15, 0.2) is 0 Å². The van der Waals surface area contributed by atoms with E-state index in [1.807, 2.05) is 14.0 Å². The van der Waals surface area contributed by atoms with Crippen LogP contribution in [-0.2, 0) is 4.79 Å². The quantitative estimate of drug-likeness (QED) is 0.626. The minimum absolute atomic E-state index is 0.259. The van der Waals surface area contributed by atoms with Crippen molar-refractivity contribution in [3.05, 3.63) is 0 Å². The number of urea groups is 1. The van der Waals surface area contributed by atoms with Crippen LogP contribution in [0.3, 0.4) is 0 Å². The molecule has 104 valence electrons. The van der Waals surface area contributed by atoms with Crippen LogP contribution in [0.25, 0.3) is 0 Å². The average Bonchev–Trinajstić information content (AvgIpc) is 2.34. The summed E-state index contributed by atoms with van der Waals surface area (Å²) in [7, 11) is 1.86. The molecule has 2 atom stereocenters. The van der Waals surface area contributed by atoms with Gasteiger partial charge in [0.25, 0.3) is 0 Å². The molecule has 0 aliphatic carbocycles. The highest BCUT2D eigenvalue weighted by molar-refractivity contribution is 5.82. The second kappa shape index (κ2) is 7.20. The number of rotatable bonds is 5. The van der Waals surface area contributed by atoms with E-state index < -0.39 is 12.0 Å². The topological polar surface area (TPSA) is 81.7 Å². The van der Waals surface area contributed by atoms with Crippen molar-refractivity contribution in [2.24, 2.45) is 5.92 Å². The summed E-state index contributed by atoms with van der Waals surface area (Å²) in [5.74, 6) is -0.550. The highest BCUT2D eigenvalue weighted by atomic mass is 16.4. The molecule has 18 heavy (non-hydrogen) atoms. The molecule has 0 radical (unpaired) electrons. The summed E-state index contributed by atoms with van der Waals surface area (Å²) >= 11 is 0. The third-order valence-corrected chi connectivity index (χ3v) is 3.29. The Morgan fingerprint density at radius 2 is 2.11 bits per heavy atom. The van der Waals surface area contributed by atoms with Gasteiger partial charge in [0, 0.05) is 13.1 Å². The molecule has 0 bridgehead atoms. The Hall–Kier alpha value is -1.30. The fraction of sp³-hybridized carbons (Fsp3) is 0.833. The zero-order valence-corrected chi connectivity index (χ0v) is 11.1. The van der Waals surface area contributed by atoms with Gasteiger partial charge in [0.1, 0.15) is 6.04 Å². The lowest BCUT2D eigenvalue weighted by Gasteiger charge is -2.35. The van der Waals surface area contributed by atoms with Crippen LogP contribution in [0.2, 0.25) is 0 Å². The van der Waals surface area contributed by atoms with Gasteiger partial charge in [-0.1, -0.05) is 6.92 Å². The maximum atomic E-state index is 11.9. The van der Waals surface area contributed by atoms with E-state index in [9.17, 15) is 9.59 Å². The van der Waals surface area contributed by atoms with E-state index in [1.165, 1.54) is 4.90 Å². The predicted molar refractivity (Wildman–Crippen MR) is 68.5 cm³/mol. The van der Waals surface area contributed by atoms with Crippen molar-refractivity contribution in [2.75, 3.05) is 26.7 Å². The van der Waals surface area contributed by atoms with Crippen molar-refractivity contribution in [3.63, 3.8) is 0 Å². The van der Waals surface area contributed by atoms with Gasteiger partial charge in [0.05, 0.1) is 0 Å². The van der Waals surface area contributed by atoms with Gasteiger partial charge >= 0.3 is 12.0 Å². The maximum Gasteiger partial charge on any atom is 0.326 e. The van der Waals surface area contributed by atoms with Crippen molar-refractivity contribution in [2.45, 2.75) is 32.2 Å². The Balaban J connectivity index is 2.46. The van der Waals surface area contributed by atoms with Crippen molar-refractivity contribution in [1.82, 2.24) is 15.5 Å². The van der Waals surface area contributed by atoms with Gasteiger partial charge in [-0.3, -0.25) is 0 Å². The van der Waals surface area contributed by atoms with E-state index in [1.54, 1.807) is 0 Å². The van der Waals surface area contributed by atoms with E-state index in [-0.39, 0.29) is 6.03 Å². The van der Waals surface area contributed by atoms with E-state index in [0.29, 0.717) is 25.4 Å². The molecule has 0 aromatic carbocycles. The molecule has 1 rings (SSSR count). The average molecular weight is 257 g/mol. The molecule has 6 heteroatoms. The van der Waals surface area contributed by atoms with Crippen LogP contribution in [0.15, 0.2) is 0 Å². The third-order valence-electron chi connectivity index (χ3n) is 3.29. The van der Waals surface area contributed by atoms with Crippen LogP contribution >= 0.6 is 0 Å². The number of nitrogens with one attached hydrogen (secondary N) is 2. The highest BCUT2D eigenvalue weighted by Gasteiger charge is 2.34. The summed E-state index contributed by atoms with van der Waals surface area (Å²) in [5.41, 5.74) is 0. The van der Waals surface area contributed by atoms with Crippen LogP contribution in [0.4, 0.5) is 4.79 Å². The Morgan fingerprint density at radius 3 is 2.72 bits per heavy atom. The predicted octanol–water partition coefficient (Wildman–Crippen LogP) is 0.491. The monoisotopic (exact) mass is 257 g/mol. The summed E-state index contributed by atoms with van der Waals surface area (Å²) in [4.78, 5) is 24.5. The van der Waals surface area contributed by atoms with E-state index in [4.69, 9.17) is 5.11 Å². The molecular weight excluding hydrogens is 234 g/mol. The first kappa shape index (κ1) is 14.8.